The van der Waals surface area contributed by atoms with Gasteiger partial charge in [0.2, 0.25) is 0 Å². The summed E-state index contributed by atoms with van der Waals surface area (Å²) in [5.74, 6) is 3.21. The summed E-state index contributed by atoms with van der Waals surface area (Å²) < 4.78 is 0. The molecule has 52 valence electrons. The maximum Gasteiger partial charge on any atom is 0.160 e. The summed E-state index contributed by atoms with van der Waals surface area (Å²) in [6.07, 6.45) is 0. The van der Waals surface area contributed by atoms with Gasteiger partial charge < -0.3 is 0 Å². The predicted octanol–water partition coefficient (Wildman–Crippen LogP) is 2.68. The van der Waals surface area contributed by atoms with E-state index in [1.807, 2.05) is 0 Å². The highest BCUT2D eigenvalue weighted by molar-refractivity contribution is 6.61. The van der Waals surface area contributed by atoms with Crippen molar-refractivity contribution in [1.82, 2.24) is 0 Å². The van der Waals surface area contributed by atoms with Crippen molar-refractivity contribution in [3.63, 3.8) is 0 Å². The first-order valence-corrected chi connectivity index (χ1v) is 4.09. The predicted molar refractivity (Wildman–Crippen MR) is 47.0 cm³/mol. The fourth-order valence-corrected chi connectivity index (χ4v) is 1.06. The summed E-state index contributed by atoms with van der Waals surface area (Å²) >= 11 is 11.1. The van der Waals surface area contributed by atoms with Gasteiger partial charge in [-0.25, -0.2) is 0 Å². The maximum absolute atomic E-state index is 5.56. The van der Waals surface area contributed by atoms with Crippen molar-refractivity contribution in [3.05, 3.63) is 11.5 Å². The lowest BCUT2D eigenvalue weighted by Gasteiger charge is -1.96. The Balaban J connectivity index is 3.75. The van der Waals surface area contributed by atoms with Crippen LogP contribution in [-0.4, -0.2) is 18.5 Å². The average molecular weight is 165 g/mol. The molecule has 0 radical (unpaired) electrons. The Hall–Kier alpha value is 0.385. The standard InChI is InChI=1S/C6H11BCl2/c1-7(2)3-6(4-8)5-9/h3H,4-5H2,1-2H3. The molecule has 0 aliphatic carbocycles. The molecule has 0 spiro atoms. The molecule has 0 unspecified atom stereocenters. The van der Waals surface area contributed by atoms with E-state index in [1.54, 1.807) is 0 Å². The van der Waals surface area contributed by atoms with Gasteiger partial charge in [-0.3, -0.25) is 0 Å². The molecule has 0 nitrogen and oxygen atoms in total. The van der Waals surface area contributed by atoms with Crippen LogP contribution in [0.2, 0.25) is 13.6 Å². The van der Waals surface area contributed by atoms with Crippen molar-refractivity contribution in [2.24, 2.45) is 0 Å². The second-order valence-electron chi connectivity index (χ2n) is 2.34. The molecule has 0 aromatic carbocycles. The van der Waals surface area contributed by atoms with E-state index >= 15 is 0 Å². The largest absolute Gasteiger partial charge is 0.160 e. The fraction of sp³-hybridized carbons (Fsp3) is 0.667. The molecule has 0 rings (SSSR count). The van der Waals surface area contributed by atoms with Crippen molar-refractivity contribution in [3.8, 4) is 0 Å². The lowest BCUT2D eigenvalue weighted by Crippen LogP contribution is -1.98. The smallest absolute Gasteiger partial charge is 0.122 e. The highest BCUT2D eigenvalue weighted by Crippen LogP contribution is 2.01. The third-order valence-electron chi connectivity index (χ3n) is 0.912. The lowest BCUT2D eigenvalue weighted by molar-refractivity contribution is 1.42. The summed E-state index contributed by atoms with van der Waals surface area (Å²) in [6, 6.07) is 0. The lowest BCUT2D eigenvalue weighted by atomic mass is 9.54. The van der Waals surface area contributed by atoms with E-state index < -0.39 is 0 Å². The van der Waals surface area contributed by atoms with E-state index in [1.165, 1.54) is 0 Å². The van der Waals surface area contributed by atoms with Gasteiger partial charge in [0.15, 0.2) is 6.71 Å². The fourth-order valence-electron chi connectivity index (χ4n) is 0.596. The Kier molecular flexibility index (Phi) is 5.41. The van der Waals surface area contributed by atoms with Gasteiger partial charge in [0.05, 0.1) is 0 Å². The summed E-state index contributed by atoms with van der Waals surface area (Å²) in [6.45, 7) is 4.77. The van der Waals surface area contributed by atoms with Crippen LogP contribution in [0.25, 0.3) is 0 Å². The molecule has 0 aromatic rings. The highest BCUT2D eigenvalue weighted by atomic mass is 35.5. The van der Waals surface area contributed by atoms with Gasteiger partial charge in [0, 0.05) is 11.8 Å². The minimum atomic E-state index is 0.553. The summed E-state index contributed by atoms with van der Waals surface area (Å²) in [5.41, 5.74) is 1.12. The molecule has 0 aromatic heterocycles. The molecule has 0 aliphatic rings. The second-order valence-corrected chi connectivity index (χ2v) is 2.87. The van der Waals surface area contributed by atoms with Crippen LogP contribution < -0.4 is 0 Å². The van der Waals surface area contributed by atoms with Gasteiger partial charge in [-0.05, 0) is 0 Å². The molecule has 0 amide bonds. The minimum absolute atomic E-state index is 0.553. The van der Waals surface area contributed by atoms with Crippen LogP contribution in [0.15, 0.2) is 11.5 Å². The number of halogens is 2. The molecule has 0 fully saturated rings. The first-order chi connectivity index (χ1) is 4.20. The summed E-state index contributed by atoms with van der Waals surface area (Å²) in [5, 5.41) is 0. The molecule has 0 bridgehead atoms. The molecule has 0 aliphatic heterocycles. The van der Waals surface area contributed by atoms with Crippen LogP contribution in [0.3, 0.4) is 0 Å². The topological polar surface area (TPSA) is 0 Å². The van der Waals surface area contributed by atoms with Gasteiger partial charge >= 0.3 is 0 Å². The number of allylic oxidation sites excluding steroid dienone is 1. The number of alkyl halides is 2. The van der Waals surface area contributed by atoms with Crippen LogP contribution in [0.4, 0.5) is 0 Å². The maximum atomic E-state index is 5.56. The van der Waals surface area contributed by atoms with Crippen molar-refractivity contribution in [2.75, 3.05) is 11.8 Å². The van der Waals surface area contributed by atoms with Crippen molar-refractivity contribution in [2.45, 2.75) is 13.6 Å². The minimum Gasteiger partial charge on any atom is -0.122 e. The Morgan fingerprint density at radius 1 is 1.33 bits per heavy atom. The van der Waals surface area contributed by atoms with E-state index in [-0.39, 0.29) is 0 Å². The van der Waals surface area contributed by atoms with E-state index in [9.17, 15) is 0 Å². The monoisotopic (exact) mass is 164 g/mol. The molecular weight excluding hydrogens is 154 g/mol. The zero-order chi connectivity index (χ0) is 7.28. The molecule has 0 N–H and O–H groups in total. The molecule has 0 saturated carbocycles. The van der Waals surface area contributed by atoms with Crippen LogP contribution >= 0.6 is 23.2 Å². The summed E-state index contributed by atoms with van der Waals surface area (Å²) in [4.78, 5) is 0. The van der Waals surface area contributed by atoms with Crippen LogP contribution in [-0.2, 0) is 0 Å². The van der Waals surface area contributed by atoms with Gasteiger partial charge in [-0.15, -0.1) is 29.2 Å². The van der Waals surface area contributed by atoms with Crippen molar-refractivity contribution >= 4 is 29.9 Å². The first kappa shape index (κ1) is 9.38. The zero-order valence-corrected chi connectivity index (χ0v) is 7.34. The third-order valence-corrected chi connectivity index (χ3v) is 1.60. The molecule has 0 atom stereocenters. The Bertz CT molecular complexity index is 93.2. The molecule has 0 saturated heterocycles. The van der Waals surface area contributed by atoms with E-state index in [4.69, 9.17) is 23.2 Å². The van der Waals surface area contributed by atoms with Crippen molar-refractivity contribution < 1.29 is 0 Å². The molecule has 9 heavy (non-hydrogen) atoms. The number of hydrogen-bond donors (Lipinski definition) is 0. The quantitative estimate of drug-likeness (QED) is 0.445. The Labute approximate surface area is 67.3 Å². The SMILES string of the molecule is CB(C)C=C(CCl)CCl. The van der Waals surface area contributed by atoms with Crippen LogP contribution in [0.5, 0.6) is 0 Å². The second kappa shape index (κ2) is 5.19. The van der Waals surface area contributed by atoms with E-state index in [0.717, 1.165) is 5.57 Å². The van der Waals surface area contributed by atoms with E-state index in [2.05, 4.69) is 19.6 Å². The third kappa shape index (κ3) is 4.86. The number of hydrogen-bond acceptors (Lipinski definition) is 0. The highest BCUT2D eigenvalue weighted by Gasteiger charge is 1.96. The average Bonchev–Trinajstić information content (AvgIpc) is 1.82. The summed E-state index contributed by atoms with van der Waals surface area (Å²) in [7, 11) is 0. The Morgan fingerprint density at radius 3 is 1.89 bits per heavy atom. The molecule has 3 heteroatoms. The normalized spacial score (nSPS) is 8.89. The molecular formula is C6H11BCl2. The first-order valence-electron chi connectivity index (χ1n) is 3.02. The van der Waals surface area contributed by atoms with Crippen molar-refractivity contribution in [1.29, 1.82) is 0 Å². The van der Waals surface area contributed by atoms with E-state index in [0.29, 0.717) is 18.5 Å². The van der Waals surface area contributed by atoms with Gasteiger partial charge in [-0.2, -0.15) is 0 Å². The number of rotatable bonds is 3. The van der Waals surface area contributed by atoms with Gasteiger partial charge in [0.1, 0.15) is 0 Å². The van der Waals surface area contributed by atoms with Crippen LogP contribution in [0.1, 0.15) is 0 Å². The van der Waals surface area contributed by atoms with Crippen LogP contribution in [0, 0.1) is 0 Å². The zero-order valence-electron chi connectivity index (χ0n) is 5.82. The van der Waals surface area contributed by atoms with Gasteiger partial charge in [0.25, 0.3) is 0 Å². The Morgan fingerprint density at radius 2 is 1.78 bits per heavy atom. The molecule has 0 heterocycles. The van der Waals surface area contributed by atoms with Gasteiger partial charge in [-0.1, -0.05) is 19.2 Å².